The highest BCUT2D eigenvalue weighted by atomic mass is 19.1. The van der Waals surface area contributed by atoms with E-state index in [0.29, 0.717) is 12.0 Å². The lowest BCUT2D eigenvalue weighted by Gasteiger charge is -2.44. The van der Waals surface area contributed by atoms with Gasteiger partial charge in [0.1, 0.15) is 6.17 Å². The lowest BCUT2D eigenvalue weighted by Crippen LogP contribution is -2.54. The average Bonchev–Trinajstić information content (AvgIpc) is 2.31. The van der Waals surface area contributed by atoms with Crippen molar-refractivity contribution in [3.63, 3.8) is 0 Å². The highest BCUT2D eigenvalue weighted by molar-refractivity contribution is 4.90. The molecule has 16 heavy (non-hydrogen) atoms. The van der Waals surface area contributed by atoms with Crippen LogP contribution in [0.4, 0.5) is 4.39 Å². The monoisotopic (exact) mass is 228 g/mol. The smallest absolute Gasteiger partial charge is 0.128 e. The molecule has 0 aliphatic carbocycles. The summed E-state index contributed by atoms with van der Waals surface area (Å²) < 4.78 is 13.8. The van der Waals surface area contributed by atoms with Crippen molar-refractivity contribution in [1.29, 1.82) is 0 Å². The van der Waals surface area contributed by atoms with Gasteiger partial charge in [0.15, 0.2) is 0 Å². The summed E-state index contributed by atoms with van der Waals surface area (Å²) in [5, 5.41) is 3.13. The van der Waals surface area contributed by atoms with Gasteiger partial charge in [0.2, 0.25) is 0 Å². The molecule has 0 radical (unpaired) electrons. The first-order valence-electron chi connectivity index (χ1n) is 6.73. The second kappa shape index (κ2) is 5.01. The average molecular weight is 228 g/mol. The highest BCUT2D eigenvalue weighted by Crippen LogP contribution is 2.35. The molecule has 0 aromatic heterocycles. The summed E-state index contributed by atoms with van der Waals surface area (Å²) in [5.41, 5.74) is 0.509. The molecular formula is C13H25FN2. The van der Waals surface area contributed by atoms with Crippen LogP contribution in [-0.2, 0) is 0 Å². The predicted molar refractivity (Wildman–Crippen MR) is 65.4 cm³/mol. The van der Waals surface area contributed by atoms with Crippen LogP contribution >= 0.6 is 0 Å². The van der Waals surface area contributed by atoms with Crippen LogP contribution in [0.1, 0.15) is 39.5 Å². The Morgan fingerprint density at radius 1 is 1.38 bits per heavy atom. The third-order valence-electron chi connectivity index (χ3n) is 4.70. The lowest BCUT2D eigenvalue weighted by molar-refractivity contribution is 0.0307. The van der Waals surface area contributed by atoms with Crippen molar-refractivity contribution in [3.05, 3.63) is 0 Å². The standard InChI is InChI=1S/C13H25FN2/c1-3-13(2)5-8-16(9-6-13)12-4-7-15-10-11(12)14/h11-12,15H,3-10H2,1-2H3. The van der Waals surface area contributed by atoms with Gasteiger partial charge in [-0.25, -0.2) is 4.39 Å². The van der Waals surface area contributed by atoms with Crippen molar-refractivity contribution < 1.29 is 4.39 Å². The van der Waals surface area contributed by atoms with Crippen molar-refractivity contribution in [2.24, 2.45) is 5.41 Å². The van der Waals surface area contributed by atoms with E-state index in [9.17, 15) is 4.39 Å². The molecule has 2 saturated heterocycles. The van der Waals surface area contributed by atoms with Crippen LogP contribution in [-0.4, -0.2) is 43.3 Å². The fourth-order valence-electron chi connectivity index (χ4n) is 2.97. The maximum atomic E-state index is 13.8. The molecule has 1 N–H and O–H groups in total. The number of hydrogen-bond acceptors (Lipinski definition) is 2. The molecule has 0 aromatic rings. The van der Waals surface area contributed by atoms with Gasteiger partial charge in [-0.3, -0.25) is 4.90 Å². The van der Waals surface area contributed by atoms with Gasteiger partial charge in [0.25, 0.3) is 0 Å². The Hall–Kier alpha value is -0.150. The van der Waals surface area contributed by atoms with E-state index in [0.717, 1.165) is 26.1 Å². The first-order chi connectivity index (χ1) is 7.64. The summed E-state index contributed by atoms with van der Waals surface area (Å²) >= 11 is 0. The molecule has 2 heterocycles. The van der Waals surface area contributed by atoms with Crippen LogP contribution < -0.4 is 5.32 Å². The van der Waals surface area contributed by atoms with E-state index in [-0.39, 0.29) is 6.04 Å². The summed E-state index contributed by atoms with van der Waals surface area (Å²) in [6.45, 7) is 8.36. The Morgan fingerprint density at radius 2 is 2.06 bits per heavy atom. The molecule has 0 bridgehead atoms. The molecule has 2 rings (SSSR count). The maximum absolute atomic E-state index is 13.8. The van der Waals surface area contributed by atoms with E-state index in [1.54, 1.807) is 0 Å². The molecule has 0 spiro atoms. The van der Waals surface area contributed by atoms with Crippen LogP contribution in [0.3, 0.4) is 0 Å². The molecular weight excluding hydrogens is 203 g/mol. The number of rotatable bonds is 2. The van der Waals surface area contributed by atoms with Gasteiger partial charge >= 0.3 is 0 Å². The summed E-state index contributed by atoms with van der Waals surface area (Å²) in [7, 11) is 0. The van der Waals surface area contributed by atoms with Crippen molar-refractivity contribution in [2.45, 2.75) is 51.7 Å². The van der Waals surface area contributed by atoms with E-state index in [4.69, 9.17) is 0 Å². The van der Waals surface area contributed by atoms with Crippen LogP contribution in [0.25, 0.3) is 0 Å². The number of hydrogen-bond donors (Lipinski definition) is 1. The lowest BCUT2D eigenvalue weighted by atomic mass is 9.77. The topological polar surface area (TPSA) is 15.3 Å². The molecule has 2 aliphatic heterocycles. The molecule has 3 heteroatoms. The summed E-state index contributed by atoms with van der Waals surface area (Å²) in [6, 6.07) is 0.183. The first-order valence-corrected chi connectivity index (χ1v) is 6.73. The molecule has 2 aliphatic rings. The highest BCUT2D eigenvalue weighted by Gasteiger charge is 2.35. The Labute approximate surface area is 98.6 Å². The van der Waals surface area contributed by atoms with Gasteiger partial charge in [-0.15, -0.1) is 0 Å². The fourth-order valence-corrected chi connectivity index (χ4v) is 2.97. The Balaban J connectivity index is 1.88. The van der Waals surface area contributed by atoms with Crippen molar-refractivity contribution in [3.8, 4) is 0 Å². The third kappa shape index (κ3) is 2.57. The number of nitrogens with zero attached hydrogens (tertiary/aromatic N) is 1. The van der Waals surface area contributed by atoms with Gasteiger partial charge in [-0.05, 0) is 44.3 Å². The SMILES string of the molecule is CCC1(C)CCN(C2CCNCC2F)CC1. The minimum Gasteiger partial charge on any atom is -0.314 e. The Bertz CT molecular complexity index is 224. The van der Waals surface area contributed by atoms with E-state index in [2.05, 4.69) is 24.1 Å². The van der Waals surface area contributed by atoms with E-state index in [1.807, 2.05) is 0 Å². The van der Waals surface area contributed by atoms with Gasteiger partial charge in [0.05, 0.1) is 0 Å². The molecule has 2 atom stereocenters. The maximum Gasteiger partial charge on any atom is 0.128 e. The number of nitrogens with one attached hydrogen (secondary N) is 1. The van der Waals surface area contributed by atoms with Crippen LogP contribution in [0.15, 0.2) is 0 Å². The quantitative estimate of drug-likeness (QED) is 0.779. The van der Waals surface area contributed by atoms with E-state index < -0.39 is 6.17 Å². The van der Waals surface area contributed by atoms with E-state index in [1.165, 1.54) is 19.3 Å². The first kappa shape index (κ1) is 12.3. The normalized spacial score (nSPS) is 36.2. The van der Waals surface area contributed by atoms with Gasteiger partial charge < -0.3 is 5.32 Å². The second-order valence-electron chi connectivity index (χ2n) is 5.78. The number of halogens is 1. The number of likely N-dealkylation sites (tertiary alicyclic amines) is 1. The Kier molecular flexibility index (Phi) is 3.85. The van der Waals surface area contributed by atoms with Crippen molar-refractivity contribution in [1.82, 2.24) is 10.2 Å². The summed E-state index contributed by atoms with van der Waals surface area (Å²) in [4.78, 5) is 2.39. The second-order valence-corrected chi connectivity index (χ2v) is 5.78. The molecule has 2 fully saturated rings. The molecule has 0 saturated carbocycles. The van der Waals surface area contributed by atoms with Crippen LogP contribution in [0, 0.1) is 5.41 Å². The zero-order chi connectivity index (χ0) is 11.6. The summed E-state index contributed by atoms with van der Waals surface area (Å²) in [5.74, 6) is 0. The predicted octanol–water partition coefficient (Wildman–Crippen LogP) is 2.20. The van der Waals surface area contributed by atoms with Gasteiger partial charge in [0, 0.05) is 12.6 Å². The van der Waals surface area contributed by atoms with Crippen molar-refractivity contribution >= 4 is 0 Å². The molecule has 2 nitrogen and oxygen atoms in total. The number of piperidine rings is 2. The molecule has 94 valence electrons. The van der Waals surface area contributed by atoms with Crippen molar-refractivity contribution in [2.75, 3.05) is 26.2 Å². The zero-order valence-corrected chi connectivity index (χ0v) is 10.6. The minimum absolute atomic E-state index is 0.183. The van der Waals surface area contributed by atoms with Gasteiger partial charge in [-0.2, -0.15) is 0 Å². The van der Waals surface area contributed by atoms with Gasteiger partial charge in [-0.1, -0.05) is 20.3 Å². The van der Waals surface area contributed by atoms with Crippen LogP contribution in [0.2, 0.25) is 0 Å². The van der Waals surface area contributed by atoms with Crippen LogP contribution in [0.5, 0.6) is 0 Å². The molecule has 0 aromatic carbocycles. The zero-order valence-electron chi connectivity index (χ0n) is 10.6. The molecule has 2 unspecified atom stereocenters. The fraction of sp³-hybridized carbons (Fsp3) is 1.00. The molecule has 0 amide bonds. The summed E-state index contributed by atoms with van der Waals surface area (Å²) in [6.07, 6.45) is 4.04. The van der Waals surface area contributed by atoms with E-state index >= 15 is 0 Å². The third-order valence-corrected chi connectivity index (χ3v) is 4.70. The minimum atomic E-state index is -0.667. The number of alkyl halides is 1. The largest absolute Gasteiger partial charge is 0.314 e. The Morgan fingerprint density at radius 3 is 2.62 bits per heavy atom.